The maximum absolute atomic E-state index is 13.1. The van der Waals surface area contributed by atoms with Crippen molar-refractivity contribution in [2.24, 2.45) is 0 Å². The number of carbonyl (C=O) groups excluding carboxylic acids is 2. The minimum absolute atomic E-state index is 0.243. The van der Waals surface area contributed by atoms with Crippen molar-refractivity contribution in [2.45, 2.75) is 13.0 Å². The molecule has 0 spiro atoms. The number of fused-ring (bicyclic) bond motifs is 2. The van der Waals surface area contributed by atoms with Gasteiger partial charge in [0, 0.05) is 5.56 Å². The Morgan fingerprint density at radius 3 is 2.36 bits per heavy atom. The molecule has 4 aromatic rings. The molecular weight excluding hydrogens is 368 g/mol. The van der Waals surface area contributed by atoms with Crippen molar-refractivity contribution >= 4 is 33.4 Å². The number of hydrogen-bond donors (Lipinski definition) is 0. The first-order chi connectivity index (χ1) is 13.6. The fourth-order valence-corrected chi connectivity index (χ4v) is 4.58. The molecule has 5 heteroatoms. The molecule has 0 aliphatic carbocycles. The van der Waals surface area contributed by atoms with E-state index in [0.717, 1.165) is 26.4 Å². The third kappa shape index (κ3) is 2.55. The van der Waals surface area contributed by atoms with Crippen molar-refractivity contribution in [1.29, 1.82) is 0 Å². The Bertz CT molecular complexity index is 1200. The zero-order chi connectivity index (χ0) is 19.3. The topological polar surface area (TPSA) is 50.3 Å². The molecule has 3 aromatic carbocycles. The Balaban J connectivity index is 1.54. The van der Waals surface area contributed by atoms with E-state index in [2.05, 4.69) is 4.98 Å². The third-order valence-electron chi connectivity index (χ3n) is 5.13. The number of nitrogens with zero attached hydrogens (tertiary/aromatic N) is 2. The average Bonchev–Trinajstić information content (AvgIpc) is 3.27. The van der Waals surface area contributed by atoms with Crippen LogP contribution in [0.25, 0.3) is 20.8 Å². The predicted octanol–water partition coefficient (Wildman–Crippen LogP) is 5.32. The molecule has 2 heterocycles. The lowest BCUT2D eigenvalue weighted by atomic mass is 10.1. The number of hydrogen-bond acceptors (Lipinski definition) is 4. The second-order valence-electron chi connectivity index (χ2n) is 6.81. The highest BCUT2D eigenvalue weighted by molar-refractivity contribution is 7.21. The summed E-state index contributed by atoms with van der Waals surface area (Å²) in [5, 5.41) is 0.846. The number of benzene rings is 3. The summed E-state index contributed by atoms with van der Waals surface area (Å²) in [5.74, 6) is -0.494. The summed E-state index contributed by atoms with van der Waals surface area (Å²) < 4.78 is 1.10. The Hall–Kier alpha value is -3.31. The molecule has 4 nitrogen and oxygen atoms in total. The van der Waals surface area contributed by atoms with Gasteiger partial charge in [-0.05, 0) is 36.8 Å². The zero-order valence-electron chi connectivity index (χ0n) is 15.1. The number of aromatic nitrogens is 1. The van der Waals surface area contributed by atoms with E-state index in [4.69, 9.17) is 0 Å². The first kappa shape index (κ1) is 16.8. The van der Waals surface area contributed by atoms with Crippen LogP contribution in [0.5, 0.6) is 0 Å². The van der Waals surface area contributed by atoms with E-state index in [1.54, 1.807) is 23.5 Å². The highest BCUT2D eigenvalue weighted by atomic mass is 32.1. The molecule has 1 aliphatic rings. The number of para-hydroxylation sites is 1. The summed E-state index contributed by atoms with van der Waals surface area (Å²) in [4.78, 5) is 32.0. The Morgan fingerprint density at radius 1 is 0.857 bits per heavy atom. The Kier molecular flexibility index (Phi) is 3.84. The molecule has 0 radical (unpaired) electrons. The van der Waals surface area contributed by atoms with Gasteiger partial charge in [0.2, 0.25) is 0 Å². The standard InChI is InChI=1S/C23H16N2O2S/c1-14(15-7-3-2-4-8-15)25-22(26)17-12-11-16(13-18(17)23(25)27)21-24-19-9-5-6-10-20(19)28-21/h2-14H,1H3/t14-/m1/s1. The van der Waals surface area contributed by atoms with Gasteiger partial charge in [-0.3, -0.25) is 14.5 Å². The van der Waals surface area contributed by atoms with Crippen LogP contribution in [0.2, 0.25) is 0 Å². The van der Waals surface area contributed by atoms with E-state index in [-0.39, 0.29) is 17.9 Å². The van der Waals surface area contributed by atoms with Gasteiger partial charge in [0.25, 0.3) is 11.8 Å². The van der Waals surface area contributed by atoms with E-state index in [0.29, 0.717) is 11.1 Å². The maximum Gasteiger partial charge on any atom is 0.262 e. The monoisotopic (exact) mass is 384 g/mol. The van der Waals surface area contributed by atoms with E-state index >= 15 is 0 Å². The van der Waals surface area contributed by atoms with Crippen molar-refractivity contribution in [1.82, 2.24) is 9.88 Å². The average molecular weight is 384 g/mol. The lowest BCUT2D eigenvalue weighted by molar-refractivity contribution is 0.0595. The molecule has 0 saturated heterocycles. The summed E-state index contributed by atoms with van der Waals surface area (Å²) in [7, 11) is 0. The largest absolute Gasteiger partial charge is 0.269 e. The first-order valence-electron chi connectivity index (χ1n) is 9.06. The highest BCUT2D eigenvalue weighted by Crippen LogP contribution is 2.35. The van der Waals surface area contributed by atoms with Gasteiger partial charge in [0.15, 0.2) is 0 Å². The normalized spacial score (nSPS) is 14.5. The molecule has 0 saturated carbocycles. The van der Waals surface area contributed by atoms with Gasteiger partial charge < -0.3 is 0 Å². The van der Waals surface area contributed by atoms with Gasteiger partial charge in [-0.25, -0.2) is 4.98 Å². The van der Waals surface area contributed by atoms with Crippen molar-refractivity contribution in [3.8, 4) is 10.6 Å². The molecule has 0 N–H and O–H groups in total. The quantitative estimate of drug-likeness (QED) is 0.449. The van der Waals surface area contributed by atoms with Crippen LogP contribution >= 0.6 is 11.3 Å². The fraction of sp³-hybridized carbons (Fsp3) is 0.0870. The van der Waals surface area contributed by atoms with Gasteiger partial charge in [0.1, 0.15) is 5.01 Å². The summed E-state index contributed by atoms with van der Waals surface area (Å²) in [6.07, 6.45) is 0. The maximum atomic E-state index is 13.1. The summed E-state index contributed by atoms with van der Waals surface area (Å²) in [6.45, 7) is 1.88. The number of carbonyl (C=O) groups is 2. The van der Waals surface area contributed by atoms with Gasteiger partial charge in [-0.15, -0.1) is 11.3 Å². The van der Waals surface area contributed by atoms with Crippen molar-refractivity contribution in [2.75, 3.05) is 0 Å². The second kappa shape index (κ2) is 6.39. The van der Waals surface area contributed by atoms with Crippen molar-refractivity contribution < 1.29 is 9.59 Å². The molecule has 1 aromatic heterocycles. The Labute approximate surface area is 166 Å². The lowest BCUT2D eigenvalue weighted by Crippen LogP contribution is -2.32. The Morgan fingerprint density at radius 2 is 1.57 bits per heavy atom. The number of thiazole rings is 1. The zero-order valence-corrected chi connectivity index (χ0v) is 15.9. The second-order valence-corrected chi connectivity index (χ2v) is 7.84. The van der Waals surface area contributed by atoms with E-state index in [1.807, 2.05) is 67.6 Å². The molecule has 5 rings (SSSR count). The predicted molar refractivity (Wildman–Crippen MR) is 110 cm³/mol. The van der Waals surface area contributed by atoms with Gasteiger partial charge in [-0.2, -0.15) is 0 Å². The van der Waals surface area contributed by atoms with Crippen molar-refractivity contribution in [3.05, 3.63) is 89.5 Å². The SMILES string of the molecule is C[C@H](c1ccccc1)N1C(=O)c2ccc(-c3nc4ccccc4s3)cc2C1=O. The molecule has 0 fully saturated rings. The lowest BCUT2D eigenvalue weighted by Gasteiger charge is -2.22. The third-order valence-corrected chi connectivity index (χ3v) is 6.21. The molecule has 1 aliphatic heterocycles. The highest BCUT2D eigenvalue weighted by Gasteiger charge is 2.39. The molecule has 28 heavy (non-hydrogen) atoms. The molecular formula is C23H16N2O2S. The van der Waals surface area contributed by atoms with Crippen molar-refractivity contribution in [3.63, 3.8) is 0 Å². The van der Waals surface area contributed by atoms with Crippen LogP contribution in [0.3, 0.4) is 0 Å². The summed E-state index contributed by atoms with van der Waals surface area (Å²) in [6, 6.07) is 22.6. The molecule has 1 atom stereocenters. The van der Waals surface area contributed by atoms with Crippen LogP contribution in [0.15, 0.2) is 72.8 Å². The van der Waals surface area contributed by atoms with E-state index < -0.39 is 0 Å². The summed E-state index contributed by atoms with van der Waals surface area (Å²) >= 11 is 1.58. The fourth-order valence-electron chi connectivity index (χ4n) is 3.62. The minimum atomic E-state index is -0.320. The van der Waals surface area contributed by atoms with Crippen LogP contribution < -0.4 is 0 Å². The van der Waals surface area contributed by atoms with E-state index in [9.17, 15) is 9.59 Å². The minimum Gasteiger partial charge on any atom is -0.269 e. The number of imide groups is 1. The smallest absolute Gasteiger partial charge is 0.262 e. The van der Waals surface area contributed by atoms with Crippen LogP contribution in [-0.2, 0) is 0 Å². The van der Waals surface area contributed by atoms with Crippen LogP contribution in [-0.4, -0.2) is 21.7 Å². The van der Waals surface area contributed by atoms with Crippen LogP contribution in [0.1, 0.15) is 39.2 Å². The first-order valence-corrected chi connectivity index (χ1v) is 9.88. The molecule has 0 bridgehead atoms. The van der Waals surface area contributed by atoms with Crippen LogP contribution in [0, 0.1) is 0 Å². The molecule has 0 unspecified atom stereocenters. The number of rotatable bonds is 3. The van der Waals surface area contributed by atoms with Crippen LogP contribution in [0.4, 0.5) is 0 Å². The molecule has 2 amide bonds. The number of amides is 2. The van der Waals surface area contributed by atoms with E-state index in [1.165, 1.54) is 4.90 Å². The van der Waals surface area contributed by atoms with Gasteiger partial charge in [0.05, 0.1) is 27.4 Å². The van der Waals surface area contributed by atoms with Gasteiger partial charge in [-0.1, -0.05) is 48.5 Å². The van der Waals surface area contributed by atoms with Gasteiger partial charge >= 0.3 is 0 Å². The summed E-state index contributed by atoms with van der Waals surface area (Å²) in [5.41, 5.74) is 3.63. The molecule has 136 valence electrons.